The fourth-order valence-corrected chi connectivity index (χ4v) is 0.969. The first-order valence-corrected chi connectivity index (χ1v) is 4.20. The predicted octanol–water partition coefficient (Wildman–Crippen LogP) is 2.28. The molecular weight excluding hydrogens is 206 g/mol. The van der Waals surface area contributed by atoms with Crippen LogP contribution in [0.2, 0.25) is 0 Å². The van der Waals surface area contributed by atoms with E-state index in [-0.39, 0.29) is 17.2 Å². The van der Waals surface area contributed by atoms with Crippen LogP contribution in [0.3, 0.4) is 0 Å². The minimum atomic E-state index is -0.245. The zero-order chi connectivity index (χ0) is 12.0. The van der Waals surface area contributed by atoms with E-state index in [0.29, 0.717) is 5.56 Å². The van der Waals surface area contributed by atoms with Crippen molar-refractivity contribution in [2.75, 3.05) is 0 Å². The third kappa shape index (κ3) is 2.60. The summed E-state index contributed by atoms with van der Waals surface area (Å²) in [5, 5.41) is 27.0. The molecule has 0 atom stereocenters. The largest absolute Gasteiger partial charge is 0.518 e. The molecule has 1 heterocycles. The summed E-state index contributed by atoms with van der Waals surface area (Å²) in [6.07, 6.45) is 3.21. The molecule has 16 heavy (non-hydrogen) atoms. The van der Waals surface area contributed by atoms with Gasteiger partial charge in [-0.2, -0.15) is 5.26 Å². The first-order valence-electron chi connectivity index (χ1n) is 4.20. The van der Waals surface area contributed by atoms with Gasteiger partial charge in [-0.15, -0.1) is 0 Å². The Morgan fingerprint density at radius 3 is 2.69 bits per heavy atom. The fourth-order valence-electron chi connectivity index (χ4n) is 0.969. The van der Waals surface area contributed by atoms with E-state index in [4.69, 9.17) is 11.8 Å². The van der Waals surface area contributed by atoms with Gasteiger partial charge >= 0.3 is 0 Å². The molecule has 0 aliphatic rings. The van der Waals surface area contributed by atoms with E-state index in [0.717, 1.165) is 12.3 Å². The van der Waals surface area contributed by atoms with Crippen molar-refractivity contribution < 1.29 is 10.2 Å². The lowest BCUT2D eigenvalue weighted by Crippen LogP contribution is -1.90. The van der Waals surface area contributed by atoms with Crippen molar-refractivity contribution in [1.29, 1.82) is 5.26 Å². The van der Waals surface area contributed by atoms with Crippen LogP contribution >= 0.6 is 0 Å². The van der Waals surface area contributed by atoms with Crippen molar-refractivity contribution in [3.63, 3.8) is 0 Å². The molecule has 78 valence electrons. The summed E-state index contributed by atoms with van der Waals surface area (Å²) in [7, 11) is 0. The topological polar surface area (TPSA) is 81.5 Å². The number of aromatic nitrogens is 1. The van der Waals surface area contributed by atoms with Crippen LogP contribution in [0.5, 0.6) is 0 Å². The van der Waals surface area contributed by atoms with Crippen LogP contribution < -0.4 is 0 Å². The number of allylic oxidation sites excluding steroid dienone is 1. The molecule has 5 heteroatoms. The highest BCUT2D eigenvalue weighted by molar-refractivity contribution is 5.62. The van der Waals surface area contributed by atoms with E-state index < -0.39 is 0 Å². The summed E-state index contributed by atoms with van der Waals surface area (Å²) in [6, 6.07) is 4.61. The third-order valence-electron chi connectivity index (χ3n) is 1.71. The Balaban J connectivity index is 3.02. The Labute approximate surface area is 92.0 Å². The maximum Gasteiger partial charge on any atom is 0.197 e. The van der Waals surface area contributed by atoms with Crippen molar-refractivity contribution in [3.05, 3.63) is 53.3 Å². The van der Waals surface area contributed by atoms with Gasteiger partial charge in [0.25, 0.3) is 0 Å². The normalized spacial score (nSPS) is 11.6. The molecule has 1 aromatic heterocycles. The number of nitriles is 1. The number of aliphatic hydroxyl groups is 2. The van der Waals surface area contributed by atoms with Gasteiger partial charge in [-0.1, -0.05) is 0 Å². The minimum absolute atomic E-state index is 0.199. The highest BCUT2D eigenvalue weighted by Crippen LogP contribution is 2.13. The van der Waals surface area contributed by atoms with Gasteiger partial charge in [-0.05, 0) is 12.1 Å². The Hall–Kier alpha value is -2.79. The zero-order valence-electron chi connectivity index (χ0n) is 8.12. The Kier molecular flexibility index (Phi) is 3.65. The Bertz CT molecular complexity index is 467. The second-order valence-corrected chi connectivity index (χ2v) is 2.73. The number of aliphatic hydroxyl groups excluding tert-OH is 2. The van der Waals surface area contributed by atoms with Gasteiger partial charge in [0, 0.05) is 11.8 Å². The van der Waals surface area contributed by atoms with Crippen molar-refractivity contribution in [2.24, 2.45) is 0 Å². The van der Waals surface area contributed by atoms with Crippen LogP contribution in [-0.2, 0) is 0 Å². The Morgan fingerprint density at radius 1 is 1.44 bits per heavy atom. The third-order valence-corrected chi connectivity index (χ3v) is 1.71. The molecule has 0 saturated carbocycles. The molecule has 0 aromatic carbocycles. The molecule has 0 bridgehead atoms. The average Bonchev–Trinajstić information content (AvgIpc) is 2.30. The smallest absolute Gasteiger partial charge is 0.197 e. The molecule has 5 nitrogen and oxygen atoms in total. The van der Waals surface area contributed by atoms with Crippen LogP contribution in [0.25, 0.3) is 16.4 Å². The van der Waals surface area contributed by atoms with Gasteiger partial charge in [-0.3, -0.25) is 4.98 Å². The first-order chi connectivity index (χ1) is 7.69. The van der Waals surface area contributed by atoms with Crippen LogP contribution in [0.15, 0.2) is 30.6 Å². The predicted molar refractivity (Wildman–Crippen MR) is 57.7 cm³/mol. The van der Waals surface area contributed by atoms with E-state index >= 15 is 0 Å². The van der Waals surface area contributed by atoms with E-state index in [9.17, 15) is 10.2 Å². The molecule has 0 radical (unpaired) electrons. The summed E-state index contributed by atoms with van der Waals surface area (Å²) >= 11 is 0. The molecule has 1 aromatic rings. The number of hydrogen-bond acceptors (Lipinski definition) is 4. The summed E-state index contributed by atoms with van der Waals surface area (Å²) in [5.41, 5.74) is 0.588. The van der Waals surface area contributed by atoms with E-state index in [1.54, 1.807) is 6.07 Å². The van der Waals surface area contributed by atoms with Gasteiger partial charge in [0.1, 0.15) is 11.5 Å². The second-order valence-electron chi connectivity index (χ2n) is 2.73. The number of pyridine rings is 1. The molecule has 0 aliphatic carbocycles. The average molecular weight is 213 g/mol. The summed E-state index contributed by atoms with van der Waals surface area (Å²) in [6.45, 7) is 6.52. The van der Waals surface area contributed by atoms with Gasteiger partial charge in [-0.25, -0.2) is 4.85 Å². The molecule has 0 amide bonds. The van der Waals surface area contributed by atoms with Crippen LogP contribution in [0, 0.1) is 17.9 Å². The SMILES string of the molecule is [C-]#[N+]/C=C(\O)c1ccc(C(O)=CC#N)cn1. The summed E-state index contributed by atoms with van der Waals surface area (Å²) < 4.78 is 0. The number of hydrogen-bond donors (Lipinski definition) is 2. The molecule has 0 unspecified atom stereocenters. The maximum atomic E-state index is 9.33. The van der Waals surface area contributed by atoms with Crippen molar-refractivity contribution in [3.8, 4) is 6.07 Å². The first kappa shape index (κ1) is 11.3. The van der Waals surface area contributed by atoms with Gasteiger partial charge < -0.3 is 10.2 Å². The lowest BCUT2D eigenvalue weighted by molar-refractivity contribution is 0.506. The van der Waals surface area contributed by atoms with E-state index in [1.165, 1.54) is 18.3 Å². The minimum Gasteiger partial charge on any atom is -0.518 e. The molecule has 0 saturated heterocycles. The van der Waals surface area contributed by atoms with Crippen LogP contribution in [0.4, 0.5) is 0 Å². The lowest BCUT2D eigenvalue weighted by atomic mass is 10.2. The van der Waals surface area contributed by atoms with Crippen molar-refractivity contribution >= 4 is 11.5 Å². The highest BCUT2D eigenvalue weighted by atomic mass is 16.3. The van der Waals surface area contributed by atoms with Gasteiger partial charge in [0.2, 0.25) is 0 Å². The molecule has 1 rings (SSSR count). The van der Waals surface area contributed by atoms with E-state index in [2.05, 4.69) is 9.83 Å². The van der Waals surface area contributed by atoms with E-state index in [1.807, 2.05) is 0 Å². The van der Waals surface area contributed by atoms with Crippen LogP contribution in [-0.4, -0.2) is 15.2 Å². The number of rotatable bonds is 2. The molecule has 0 spiro atoms. The zero-order valence-corrected chi connectivity index (χ0v) is 8.12. The summed E-state index contributed by atoms with van der Waals surface area (Å²) in [5.74, 6) is -0.444. The molecular formula is C11H7N3O2. The van der Waals surface area contributed by atoms with Gasteiger partial charge in [0.05, 0.1) is 24.4 Å². The van der Waals surface area contributed by atoms with Crippen molar-refractivity contribution in [2.45, 2.75) is 0 Å². The van der Waals surface area contributed by atoms with Gasteiger partial charge in [0.15, 0.2) is 6.20 Å². The Morgan fingerprint density at radius 2 is 2.19 bits per heavy atom. The monoisotopic (exact) mass is 213 g/mol. The fraction of sp³-hybridized carbons (Fsp3) is 0. The highest BCUT2D eigenvalue weighted by Gasteiger charge is 2.02. The lowest BCUT2D eigenvalue weighted by Gasteiger charge is -2.00. The van der Waals surface area contributed by atoms with Crippen molar-refractivity contribution in [1.82, 2.24) is 4.98 Å². The van der Waals surface area contributed by atoms with Crippen LogP contribution in [0.1, 0.15) is 11.3 Å². The second kappa shape index (κ2) is 5.18. The number of nitrogens with zero attached hydrogens (tertiary/aromatic N) is 3. The molecule has 0 fully saturated rings. The maximum absolute atomic E-state index is 9.33. The quantitative estimate of drug-likeness (QED) is 0.448. The molecule has 0 aliphatic heterocycles. The summed E-state index contributed by atoms with van der Waals surface area (Å²) in [4.78, 5) is 6.72. The molecule has 2 N–H and O–H groups in total. The standard InChI is InChI=1S/C11H7N3O2/c1-13-7-11(16)9-3-2-8(6-14-9)10(15)4-5-12/h2-4,6-7,15-16H/b10-4?,11-7-.